The number of amides is 2. The van der Waals surface area contributed by atoms with Gasteiger partial charge in [-0.25, -0.2) is 0 Å². The topological polar surface area (TPSA) is 108 Å². The summed E-state index contributed by atoms with van der Waals surface area (Å²) in [5.41, 5.74) is -0.561. The number of aliphatic carboxylic acids is 1. The zero-order chi connectivity index (χ0) is 12.5. The molecule has 17 heavy (non-hydrogen) atoms. The van der Waals surface area contributed by atoms with Gasteiger partial charge in [0.25, 0.3) is 0 Å². The number of nitrogens with one attached hydrogen (secondary N) is 3. The summed E-state index contributed by atoms with van der Waals surface area (Å²) >= 11 is 0. The zero-order valence-corrected chi connectivity index (χ0v) is 9.28. The molecule has 0 spiro atoms. The van der Waals surface area contributed by atoms with Gasteiger partial charge in [0.15, 0.2) is 0 Å². The number of hydrogen-bond acceptors (Lipinski definition) is 5. The lowest BCUT2D eigenvalue weighted by atomic mass is 9.86. The molecule has 2 aliphatic rings. The zero-order valence-electron chi connectivity index (χ0n) is 9.28. The highest BCUT2D eigenvalue weighted by Crippen LogP contribution is 2.19. The third-order valence-corrected chi connectivity index (χ3v) is 3.14. The summed E-state index contributed by atoms with van der Waals surface area (Å²) < 4.78 is 0. The Morgan fingerprint density at radius 3 is 2.65 bits per heavy atom. The summed E-state index contributed by atoms with van der Waals surface area (Å²) in [5.74, 6) is -1.53. The number of rotatable bonds is 4. The number of carbonyl (C=O) groups is 3. The van der Waals surface area contributed by atoms with E-state index in [1.165, 1.54) is 0 Å². The Labute approximate surface area is 97.9 Å². The van der Waals surface area contributed by atoms with Crippen LogP contribution in [0.1, 0.15) is 19.3 Å². The summed E-state index contributed by atoms with van der Waals surface area (Å²) in [6.07, 6.45) is 0.684. The van der Waals surface area contributed by atoms with Crippen LogP contribution in [-0.4, -0.2) is 47.6 Å². The lowest BCUT2D eigenvalue weighted by Crippen LogP contribution is -2.72. The maximum absolute atomic E-state index is 11.5. The lowest BCUT2D eigenvalue weighted by molar-refractivity contribution is -0.141. The van der Waals surface area contributed by atoms with E-state index in [0.29, 0.717) is 25.9 Å². The SMILES string of the molecule is O=C(O)CC1(NC2CCC(=O)NC2=O)CNC1. The third kappa shape index (κ3) is 2.62. The first-order chi connectivity index (χ1) is 8.01. The molecule has 94 valence electrons. The van der Waals surface area contributed by atoms with E-state index in [1.54, 1.807) is 0 Å². The fraction of sp³-hybridized carbons (Fsp3) is 0.700. The predicted octanol–water partition coefficient (Wildman–Crippen LogP) is -1.80. The number of carbonyl (C=O) groups excluding carboxylic acids is 2. The molecule has 2 saturated heterocycles. The first kappa shape index (κ1) is 12.0. The van der Waals surface area contributed by atoms with Gasteiger partial charge in [-0.05, 0) is 6.42 Å². The van der Waals surface area contributed by atoms with Crippen LogP contribution >= 0.6 is 0 Å². The van der Waals surface area contributed by atoms with Gasteiger partial charge in [0.2, 0.25) is 11.8 Å². The van der Waals surface area contributed by atoms with Crippen molar-refractivity contribution < 1.29 is 19.5 Å². The Morgan fingerprint density at radius 1 is 1.47 bits per heavy atom. The summed E-state index contributed by atoms with van der Waals surface area (Å²) in [6, 6.07) is -0.478. The number of piperidine rings is 1. The third-order valence-electron chi connectivity index (χ3n) is 3.14. The van der Waals surface area contributed by atoms with Gasteiger partial charge in [0.1, 0.15) is 0 Å². The Balaban J connectivity index is 1.97. The van der Waals surface area contributed by atoms with E-state index in [-0.39, 0.29) is 18.2 Å². The minimum absolute atomic E-state index is 0.0300. The molecule has 1 atom stereocenters. The van der Waals surface area contributed by atoms with E-state index in [0.717, 1.165) is 0 Å². The van der Waals surface area contributed by atoms with E-state index in [1.807, 2.05) is 0 Å². The number of imide groups is 1. The molecule has 2 amide bonds. The van der Waals surface area contributed by atoms with Gasteiger partial charge in [-0.2, -0.15) is 0 Å². The van der Waals surface area contributed by atoms with Crippen LogP contribution < -0.4 is 16.0 Å². The van der Waals surface area contributed by atoms with Gasteiger partial charge >= 0.3 is 5.97 Å². The minimum Gasteiger partial charge on any atom is -0.481 e. The van der Waals surface area contributed by atoms with E-state index in [9.17, 15) is 14.4 Å². The Kier molecular flexibility index (Phi) is 3.12. The molecule has 7 nitrogen and oxygen atoms in total. The molecule has 0 saturated carbocycles. The molecule has 2 heterocycles. The first-order valence-corrected chi connectivity index (χ1v) is 5.55. The van der Waals surface area contributed by atoms with Crippen LogP contribution in [0.2, 0.25) is 0 Å². The van der Waals surface area contributed by atoms with Crippen molar-refractivity contribution in [3.8, 4) is 0 Å². The van der Waals surface area contributed by atoms with Gasteiger partial charge in [0, 0.05) is 19.5 Å². The largest absolute Gasteiger partial charge is 0.481 e. The maximum Gasteiger partial charge on any atom is 0.305 e. The van der Waals surface area contributed by atoms with Crippen molar-refractivity contribution >= 4 is 17.8 Å². The van der Waals surface area contributed by atoms with Gasteiger partial charge in [-0.15, -0.1) is 0 Å². The highest BCUT2D eigenvalue weighted by molar-refractivity contribution is 6.00. The van der Waals surface area contributed by atoms with Crippen LogP contribution in [-0.2, 0) is 14.4 Å². The van der Waals surface area contributed by atoms with E-state index < -0.39 is 17.6 Å². The molecule has 0 aromatic heterocycles. The number of carboxylic acids is 1. The smallest absolute Gasteiger partial charge is 0.305 e. The predicted molar refractivity (Wildman–Crippen MR) is 57.2 cm³/mol. The number of hydrogen-bond donors (Lipinski definition) is 4. The molecule has 0 bridgehead atoms. The molecular formula is C10H15N3O4. The van der Waals surface area contributed by atoms with E-state index in [2.05, 4.69) is 16.0 Å². The molecule has 0 aromatic rings. The normalized spacial score (nSPS) is 27.2. The maximum atomic E-state index is 11.5. The van der Waals surface area contributed by atoms with Crippen LogP contribution in [0.5, 0.6) is 0 Å². The fourth-order valence-electron chi connectivity index (χ4n) is 2.20. The van der Waals surface area contributed by atoms with Gasteiger partial charge in [-0.3, -0.25) is 25.0 Å². The Morgan fingerprint density at radius 2 is 2.18 bits per heavy atom. The molecule has 0 aliphatic carbocycles. The Bertz CT molecular complexity index is 365. The Hall–Kier alpha value is -1.47. The van der Waals surface area contributed by atoms with Crippen molar-refractivity contribution in [2.45, 2.75) is 30.8 Å². The van der Waals surface area contributed by atoms with E-state index >= 15 is 0 Å². The monoisotopic (exact) mass is 241 g/mol. The molecule has 2 rings (SSSR count). The minimum atomic E-state index is -0.897. The van der Waals surface area contributed by atoms with Gasteiger partial charge < -0.3 is 10.4 Å². The quantitative estimate of drug-likeness (QED) is 0.432. The second-order valence-corrected chi connectivity index (χ2v) is 4.60. The summed E-state index contributed by atoms with van der Waals surface area (Å²) in [7, 11) is 0. The molecule has 2 aliphatic heterocycles. The highest BCUT2D eigenvalue weighted by Gasteiger charge is 2.42. The van der Waals surface area contributed by atoms with Crippen molar-refractivity contribution in [3.63, 3.8) is 0 Å². The lowest BCUT2D eigenvalue weighted by Gasteiger charge is -2.45. The van der Waals surface area contributed by atoms with Crippen LogP contribution in [0, 0.1) is 0 Å². The van der Waals surface area contributed by atoms with Crippen LogP contribution in [0.15, 0.2) is 0 Å². The molecule has 0 radical (unpaired) electrons. The second-order valence-electron chi connectivity index (χ2n) is 4.60. The average Bonchev–Trinajstić information content (AvgIpc) is 2.18. The van der Waals surface area contributed by atoms with Crippen LogP contribution in [0.3, 0.4) is 0 Å². The van der Waals surface area contributed by atoms with Gasteiger partial charge in [-0.1, -0.05) is 0 Å². The van der Waals surface area contributed by atoms with Crippen molar-refractivity contribution in [1.82, 2.24) is 16.0 Å². The second kappa shape index (κ2) is 4.42. The molecule has 4 N–H and O–H groups in total. The van der Waals surface area contributed by atoms with Crippen molar-refractivity contribution in [3.05, 3.63) is 0 Å². The fourth-order valence-corrected chi connectivity index (χ4v) is 2.20. The summed E-state index contributed by atoms with van der Waals surface area (Å²) in [6.45, 7) is 1.05. The van der Waals surface area contributed by atoms with Crippen LogP contribution in [0.25, 0.3) is 0 Å². The van der Waals surface area contributed by atoms with Crippen molar-refractivity contribution in [2.24, 2.45) is 0 Å². The van der Waals surface area contributed by atoms with Crippen molar-refractivity contribution in [1.29, 1.82) is 0 Å². The highest BCUT2D eigenvalue weighted by atomic mass is 16.4. The van der Waals surface area contributed by atoms with E-state index in [4.69, 9.17) is 5.11 Å². The van der Waals surface area contributed by atoms with Gasteiger partial charge in [0.05, 0.1) is 18.0 Å². The average molecular weight is 241 g/mol. The van der Waals surface area contributed by atoms with Crippen molar-refractivity contribution in [2.75, 3.05) is 13.1 Å². The summed E-state index contributed by atoms with van der Waals surface area (Å²) in [4.78, 5) is 33.3. The molecule has 2 fully saturated rings. The molecule has 0 aromatic carbocycles. The summed E-state index contributed by atoms with van der Waals surface area (Å²) in [5, 5.41) is 17.1. The molecule has 1 unspecified atom stereocenters. The standard InChI is InChI=1S/C10H15N3O4/c14-7-2-1-6(9(17)12-7)13-10(3-8(15)16)4-11-5-10/h6,11,13H,1-5H2,(H,15,16)(H,12,14,17). The first-order valence-electron chi connectivity index (χ1n) is 5.55. The van der Waals surface area contributed by atoms with Crippen LogP contribution in [0.4, 0.5) is 0 Å². The molecular weight excluding hydrogens is 226 g/mol. The molecule has 7 heteroatoms. The number of carboxylic acid groups (broad SMARTS) is 1.